The first-order valence-corrected chi connectivity index (χ1v) is 6.59. The summed E-state index contributed by atoms with van der Waals surface area (Å²) in [6, 6.07) is 14.0. The molecular weight excluding hydrogens is 254 g/mol. The van der Waals surface area contributed by atoms with Crippen LogP contribution < -0.4 is 15.2 Å². The van der Waals surface area contributed by atoms with E-state index in [4.69, 9.17) is 19.9 Å². The monoisotopic (exact) mass is 271 g/mol. The molecule has 2 aromatic rings. The second-order valence-electron chi connectivity index (χ2n) is 4.70. The molecule has 20 heavy (non-hydrogen) atoms. The first kappa shape index (κ1) is 13.0. The van der Waals surface area contributed by atoms with Gasteiger partial charge in [-0.05, 0) is 28.8 Å². The number of fused-ring (bicyclic) bond motifs is 1. The summed E-state index contributed by atoms with van der Waals surface area (Å²) in [5, 5.41) is 0. The van der Waals surface area contributed by atoms with E-state index in [0.717, 1.165) is 28.2 Å². The van der Waals surface area contributed by atoms with Gasteiger partial charge in [-0.1, -0.05) is 30.3 Å². The molecule has 0 amide bonds. The number of hydrogen-bond donors (Lipinski definition) is 1. The predicted molar refractivity (Wildman–Crippen MR) is 75.4 cm³/mol. The Morgan fingerprint density at radius 3 is 2.30 bits per heavy atom. The molecule has 2 N–H and O–H groups in total. The van der Waals surface area contributed by atoms with Crippen molar-refractivity contribution in [1.82, 2.24) is 0 Å². The maximum atomic E-state index is 5.71. The molecule has 104 valence electrons. The Morgan fingerprint density at radius 2 is 1.50 bits per heavy atom. The van der Waals surface area contributed by atoms with Gasteiger partial charge in [0.15, 0.2) is 11.5 Å². The zero-order valence-corrected chi connectivity index (χ0v) is 11.2. The van der Waals surface area contributed by atoms with Crippen molar-refractivity contribution in [2.24, 2.45) is 5.73 Å². The number of benzene rings is 2. The van der Waals surface area contributed by atoms with Gasteiger partial charge in [-0.15, -0.1) is 0 Å². The molecule has 3 rings (SSSR count). The lowest BCUT2D eigenvalue weighted by Gasteiger charge is -2.06. The molecule has 0 unspecified atom stereocenters. The van der Waals surface area contributed by atoms with Crippen molar-refractivity contribution >= 4 is 0 Å². The molecule has 0 saturated carbocycles. The van der Waals surface area contributed by atoms with Gasteiger partial charge in [0.05, 0.1) is 13.2 Å². The lowest BCUT2D eigenvalue weighted by atomic mass is 10.1. The van der Waals surface area contributed by atoms with Gasteiger partial charge in [0.1, 0.15) is 0 Å². The highest BCUT2D eigenvalue weighted by Crippen LogP contribution is 2.32. The molecule has 1 heterocycles. The van der Waals surface area contributed by atoms with Gasteiger partial charge in [-0.2, -0.15) is 0 Å². The van der Waals surface area contributed by atoms with E-state index >= 15 is 0 Å². The Labute approximate surface area is 118 Å². The fraction of sp³-hybridized carbons (Fsp3) is 0.250. The zero-order valence-electron chi connectivity index (χ0n) is 11.2. The summed E-state index contributed by atoms with van der Waals surface area (Å²) in [6.45, 7) is 2.00. The molecule has 0 bridgehead atoms. The number of hydrogen-bond acceptors (Lipinski definition) is 4. The third-order valence-electron chi connectivity index (χ3n) is 3.23. The highest BCUT2D eigenvalue weighted by molar-refractivity contribution is 5.44. The van der Waals surface area contributed by atoms with E-state index in [-0.39, 0.29) is 0 Å². The molecular formula is C16H17NO3. The zero-order chi connectivity index (χ0) is 13.8. The lowest BCUT2D eigenvalue weighted by Crippen LogP contribution is -1.97. The van der Waals surface area contributed by atoms with Crippen LogP contribution in [-0.2, 0) is 24.5 Å². The van der Waals surface area contributed by atoms with Crippen LogP contribution in [0.1, 0.15) is 16.7 Å². The predicted octanol–water partition coefficient (Wildman–Crippen LogP) is 2.59. The van der Waals surface area contributed by atoms with E-state index in [0.29, 0.717) is 26.6 Å². The molecule has 4 nitrogen and oxygen atoms in total. The number of ether oxygens (including phenoxy) is 3. The Balaban J connectivity index is 1.54. The van der Waals surface area contributed by atoms with E-state index in [1.54, 1.807) is 0 Å². The molecule has 2 aromatic carbocycles. The van der Waals surface area contributed by atoms with Crippen molar-refractivity contribution in [1.29, 1.82) is 0 Å². The van der Waals surface area contributed by atoms with Crippen LogP contribution in [0.15, 0.2) is 42.5 Å². The van der Waals surface area contributed by atoms with Gasteiger partial charge in [-0.25, -0.2) is 0 Å². The average molecular weight is 271 g/mol. The van der Waals surface area contributed by atoms with E-state index in [1.807, 2.05) is 42.5 Å². The SMILES string of the molecule is NCc1ccc(COCc2ccc3c(c2)OCO3)cc1. The summed E-state index contributed by atoms with van der Waals surface area (Å²) < 4.78 is 16.3. The van der Waals surface area contributed by atoms with Crippen molar-refractivity contribution in [3.05, 3.63) is 59.2 Å². The molecule has 0 radical (unpaired) electrons. The first-order valence-electron chi connectivity index (χ1n) is 6.59. The van der Waals surface area contributed by atoms with Crippen molar-refractivity contribution in [3.8, 4) is 11.5 Å². The smallest absolute Gasteiger partial charge is 0.231 e. The molecule has 1 aliphatic heterocycles. The van der Waals surface area contributed by atoms with Crippen molar-refractivity contribution in [2.45, 2.75) is 19.8 Å². The maximum Gasteiger partial charge on any atom is 0.231 e. The van der Waals surface area contributed by atoms with Crippen LogP contribution in [0.2, 0.25) is 0 Å². The minimum Gasteiger partial charge on any atom is -0.454 e. The normalized spacial score (nSPS) is 12.7. The quantitative estimate of drug-likeness (QED) is 0.908. The van der Waals surface area contributed by atoms with Crippen LogP contribution in [-0.4, -0.2) is 6.79 Å². The van der Waals surface area contributed by atoms with Crippen LogP contribution >= 0.6 is 0 Å². The lowest BCUT2D eigenvalue weighted by molar-refractivity contribution is 0.107. The fourth-order valence-corrected chi connectivity index (χ4v) is 2.09. The number of nitrogens with two attached hydrogens (primary N) is 1. The molecule has 1 aliphatic rings. The van der Waals surface area contributed by atoms with Crippen LogP contribution in [0, 0.1) is 0 Å². The van der Waals surface area contributed by atoms with Crippen LogP contribution in [0.5, 0.6) is 11.5 Å². The van der Waals surface area contributed by atoms with Gasteiger partial charge in [0.2, 0.25) is 6.79 Å². The Bertz CT molecular complexity index is 581. The summed E-state index contributed by atoms with van der Waals surface area (Å²) in [5.41, 5.74) is 8.91. The molecule has 0 atom stereocenters. The van der Waals surface area contributed by atoms with Gasteiger partial charge in [0, 0.05) is 6.54 Å². The first-order chi connectivity index (χ1) is 9.85. The summed E-state index contributed by atoms with van der Waals surface area (Å²) >= 11 is 0. The molecule has 0 aromatic heterocycles. The standard InChI is InChI=1S/C16H17NO3/c17-8-12-1-3-13(4-2-12)9-18-10-14-5-6-15-16(7-14)20-11-19-15/h1-7H,8-11,17H2. The van der Waals surface area contributed by atoms with E-state index in [2.05, 4.69) is 0 Å². The van der Waals surface area contributed by atoms with Crippen molar-refractivity contribution in [2.75, 3.05) is 6.79 Å². The largest absolute Gasteiger partial charge is 0.454 e. The van der Waals surface area contributed by atoms with Gasteiger partial charge < -0.3 is 19.9 Å². The van der Waals surface area contributed by atoms with E-state index < -0.39 is 0 Å². The highest BCUT2D eigenvalue weighted by Gasteiger charge is 2.12. The van der Waals surface area contributed by atoms with E-state index in [1.165, 1.54) is 0 Å². The third kappa shape index (κ3) is 2.92. The molecule has 0 aliphatic carbocycles. The Kier molecular flexibility index (Phi) is 3.85. The third-order valence-corrected chi connectivity index (χ3v) is 3.23. The van der Waals surface area contributed by atoms with Crippen molar-refractivity contribution in [3.63, 3.8) is 0 Å². The van der Waals surface area contributed by atoms with Gasteiger partial charge in [0.25, 0.3) is 0 Å². The molecule has 0 fully saturated rings. The summed E-state index contributed by atoms with van der Waals surface area (Å²) in [5.74, 6) is 1.59. The van der Waals surface area contributed by atoms with Gasteiger partial charge in [-0.3, -0.25) is 0 Å². The summed E-state index contributed by atoms with van der Waals surface area (Å²) in [7, 11) is 0. The second-order valence-corrected chi connectivity index (χ2v) is 4.70. The minimum absolute atomic E-state index is 0.299. The van der Waals surface area contributed by atoms with Crippen LogP contribution in [0.25, 0.3) is 0 Å². The average Bonchev–Trinajstić information content (AvgIpc) is 2.95. The molecule has 0 spiro atoms. The Hall–Kier alpha value is -2.04. The van der Waals surface area contributed by atoms with E-state index in [9.17, 15) is 0 Å². The van der Waals surface area contributed by atoms with Crippen LogP contribution in [0.3, 0.4) is 0 Å². The molecule has 0 saturated heterocycles. The topological polar surface area (TPSA) is 53.7 Å². The highest BCUT2D eigenvalue weighted by atomic mass is 16.7. The Morgan fingerprint density at radius 1 is 0.850 bits per heavy atom. The summed E-state index contributed by atoms with van der Waals surface area (Å²) in [6.07, 6.45) is 0. The summed E-state index contributed by atoms with van der Waals surface area (Å²) in [4.78, 5) is 0. The fourth-order valence-electron chi connectivity index (χ4n) is 2.09. The molecule has 4 heteroatoms. The second kappa shape index (κ2) is 5.94. The van der Waals surface area contributed by atoms with Crippen molar-refractivity contribution < 1.29 is 14.2 Å². The number of rotatable bonds is 5. The maximum absolute atomic E-state index is 5.71. The van der Waals surface area contributed by atoms with Crippen LogP contribution in [0.4, 0.5) is 0 Å². The minimum atomic E-state index is 0.299. The van der Waals surface area contributed by atoms with Gasteiger partial charge >= 0.3 is 0 Å².